The van der Waals surface area contributed by atoms with Gasteiger partial charge in [-0.2, -0.15) is 4.98 Å². The van der Waals surface area contributed by atoms with Gasteiger partial charge in [0.1, 0.15) is 5.82 Å². The topological polar surface area (TPSA) is 116 Å². The summed E-state index contributed by atoms with van der Waals surface area (Å²) in [6.07, 6.45) is 2.19. The molecule has 0 radical (unpaired) electrons. The third-order valence-electron chi connectivity index (χ3n) is 3.53. The Morgan fingerprint density at radius 2 is 2.24 bits per heavy atom. The normalized spacial score (nSPS) is 15.3. The number of aliphatic hydroxyl groups is 1. The number of hydrogen-bond donors (Lipinski definition) is 4. The predicted molar refractivity (Wildman–Crippen MR) is 98.2 cm³/mol. The van der Waals surface area contributed by atoms with Crippen LogP contribution < -0.4 is 15.4 Å². The Bertz CT molecular complexity index is 933. The largest absolute Gasteiger partial charge is 0.390 e. The highest BCUT2D eigenvalue weighted by Crippen LogP contribution is 2.27. The Hall–Kier alpha value is -2.01. The Morgan fingerprint density at radius 3 is 3.00 bits per heavy atom. The summed E-state index contributed by atoms with van der Waals surface area (Å²) < 4.78 is 27.3. The van der Waals surface area contributed by atoms with E-state index in [1.54, 1.807) is 24.4 Å². The fourth-order valence-corrected chi connectivity index (χ4v) is 3.95. The zero-order chi connectivity index (χ0) is 18.0. The maximum absolute atomic E-state index is 12.1. The molecule has 25 heavy (non-hydrogen) atoms. The van der Waals surface area contributed by atoms with Gasteiger partial charge in [0.25, 0.3) is 0 Å². The Balaban J connectivity index is 1.88. The van der Waals surface area contributed by atoms with Gasteiger partial charge in [0, 0.05) is 24.1 Å². The van der Waals surface area contributed by atoms with Crippen molar-refractivity contribution in [2.75, 3.05) is 23.8 Å². The molecule has 1 aliphatic heterocycles. The van der Waals surface area contributed by atoms with E-state index < -0.39 is 10.0 Å². The summed E-state index contributed by atoms with van der Waals surface area (Å²) >= 11 is 3.31. The minimum atomic E-state index is -3.48. The van der Waals surface area contributed by atoms with E-state index in [2.05, 4.69) is 47.8 Å². The molecule has 0 spiro atoms. The Labute approximate surface area is 153 Å². The Kier molecular flexibility index (Phi) is 5.04. The quantitative estimate of drug-likeness (QED) is 0.576. The standard InChI is InChI=1S/C15H16BrN5O3S/c1-9(8-22)19-14-12(16)7-17-15(21-14)20-11-3-2-10-4-5-18-25(23,24)13(10)6-11/h2-3,6-7,18,22H,1,4-5,8H2,(H2,17,19,20,21). The minimum Gasteiger partial charge on any atom is -0.390 e. The maximum Gasteiger partial charge on any atom is 0.240 e. The summed E-state index contributed by atoms with van der Waals surface area (Å²) in [5.74, 6) is 0.710. The Morgan fingerprint density at radius 1 is 1.44 bits per heavy atom. The molecule has 8 nitrogen and oxygen atoms in total. The monoisotopic (exact) mass is 425 g/mol. The van der Waals surface area contributed by atoms with Gasteiger partial charge in [0.15, 0.2) is 0 Å². The van der Waals surface area contributed by atoms with Crippen molar-refractivity contribution < 1.29 is 13.5 Å². The molecule has 1 aliphatic rings. The molecule has 0 amide bonds. The molecule has 1 aromatic carbocycles. The van der Waals surface area contributed by atoms with Crippen LogP contribution in [0.2, 0.25) is 0 Å². The average molecular weight is 426 g/mol. The summed E-state index contributed by atoms with van der Waals surface area (Å²) in [5.41, 5.74) is 1.72. The fraction of sp³-hybridized carbons (Fsp3) is 0.200. The first-order valence-corrected chi connectivity index (χ1v) is 9.64. The van der Waals surface area contributed by atoms with E-state index >= 15 is 0 Å². The van der Waals surface area contributed by atoms with Crippen molar-refractivity contribution in [2.45, 2.75) is 11.3 Å². The van der Waals surface area contributed by atoms with Crippen LogP contribution in [0.15, 0.2) is 46.0 Å². The molecule has 10 heteroatoms. The molecule has 0 atom stereocenters. The number of anilines is 3. The lowest BCUT2D eigenvalue weighted by molar-refractivity contribution is 0.333. The van der Waals surface area contributed by atoms with Gasteiger partial charge >= 0.3 is 0 Å². The number of nitrogens with one attached hydrogen (secondary N) is 3. The molecular weight excluding hydrogens is 410 g/mol. The zero-order valence-corrected chi connectivity index (χ0v) is 15.5. The first-order chi connectivity index (χ1) is 11.9. The highest BCUT2D eigenvalue weighted by molar-refractivity contribution is 9.10. The number of nitrogens with zero attached hydrogens (tertiary/aromatic N) is 2. The van der Waals surface area contributed by atoms with Crippen LogP contribution in [0.25, 0.3) is 0 Å². The fourth-order valence-electron chi connectivity index (χ4n) is 2.34. The molecular formula is C15H16BrN5O3S. The van der Waals surface area contributed by atoms with Gasteiger partial charge in [-0.15, -0.1) is 0 Å². The predicted octanol–water partition coefficient (Wildman–Crippen LogP) is 1.73. The van der Waals surface area contributed by atoms with Crippen LogP contribution in [0.1, 0.15) is 5.56 Å². The summed E-state index contributed by atoms with van der Waals surface area (Å²) in [7, 11) is -3.48. The van der Waals surface area contributed by atoms with E-state index in [-0.39, 0.29) is 17.5 Å². The number of rotatable bonds is 5. The van der Waals surface area contributed by atoms with Crippen molar-refractivity contribution in [3.8, 4) is 0 Å². The van der Waals surface area contributed by atoms with E-state index in [4.69, 9.17) is 5.11 Å². The van der Waals surface area contributed by atoms with Crippen LogP contribution >= 0.6 is 15.9 Å². The lowest BCUT2D eigenvalue weighted by Gasteiger charge is -2.18. The first kappa shape index (κ1) is 17.8. The van der Waals surface area contributed by atoms with Crippen molar-refractivity contribution in [1.29, 1.82) is 0 Å². The summed E-state index contributed by atoms with van der Waals surface area (Å²) in [6.45, 7) is 3.83. The van der Waals surface area contributed by atoms with Crippen LogP contribution in [0, 0.1) is 0 Å². The molecule has 0 bridgehead atoms. The van der Waals surface area contributed by atoms with Gasteiger partial charge in [0.05, 0.1) is 16.0 Å². The van der Waals surface area contributed by atoms with Crippen molar-refractivity contribution in [3.63, 3.8) is 0 Å². The number of fused-ring (bicyclic) bond motifs is 1. The van der Waals surface area contributed by atoms with Crippen LogP contribution in [0.3, 0.4) is 0 Å². The van der Waals surface area contributed by atoms with Crippen molar-refractivity contribution in [3.05, 3.63) is 46.7 Å². The summed E-state index contributed by atoms with van der Waals surface area (Å²) in [4.78, 5) is 8.69. The first-order valence-electron chi connectivity index (χ1n) is 7.37. The molecule has 2 aromatic rings. The molecule has 4 N–H and O–H groups in total. The lowest BCUT2D eigenvalue weighted by Crippen LogP contribution is -2.31. The molecule has 0 fully saturated rings. The maximum atomic E-state index is 12.1. The van der Waals surface area contributed by atoms with Gasteiger partial charge in [0.2, 0.25) is 16.0 Å². The average Bonchev–Trinajstić information content (AvgIpc) is 2.58. The number of aliphatic hydroxyl groups excluding tert-OH is 1. The van der Waals surface area contributed by atoms with Gasteiger partial charge in [-0.05, 0) is 40.0 Å². The van der Waals surface area contributed by atoms with E-state index in [0.29, 0.717) is 34.6 Å². The van der Waals surface area contributed by atoms with E-state index in [1.807, 2.05) is 0 Å². The highest BCUT2D eigenvalue weighted by Gasteiger charge is 2.23. The number of hydrogen-bond acceptors (Lipinski definition) is 7. The SMILES string of the molecule is C=C(CO)Nc1nc(Nc2ccc3c(c2)S(=O)(=O)NCC3)ncc1Br. The van der Waals surface area contributed by atoms with E-state index in [1.165, 1.54) is 0 Å². The van der Waals surface area contributed by atoms with Gasteiger partial charge in [-0.3, -0.25) is 0 Å². The molecule has 3 rings (SSSR count). The molecule has 0 unspecified atom stereocenters. The van der Waals surface area contributed by atoms with Crippen LogP contribution in [-0.2, 0) is 16.4 Å². The van der Waals surface area contributed by atoms with Gasteiger partial charge < -0.3 is 15.7 Å². The lowest BCUT2D eigenvalue weighted by atomic mass is 10.1. The smallest absolute Gasteiger partial charge is 0.240 e. The van der Waals surface area contributed by atoms with Crippen molar-refractivity contribution >= 4 is 43.4 Å². The minimum absolute atomic E-state index is 0.227. The third kappa shape index (κ3) is 3.98. The van der Waals surface area contributed by atoms with Crippen molar-refractivity contribution in [2.24, 2.45) is 0 Å². The number of halogens is 1. The van der Waals surface area contributed by atoms with Crippen LogP contribution in [0.4, 0.5) is 17.5 Å². The number of sulfonamides is 1. The second-order valence-corrected chi connectivity index (χ2v) is 7.96. The van der Waals surface area contributed by atoms with E-state index in [0.717, 1.165) is 5.56 Å². The summed E-state index contributed by atoms with van der Waals surface area (Å²) in [6, 6.07) is 5.12. The summed E-state index contributed by atoms with van der Waals surface area (Å²) in [5, 5.41) is 14.9. The third-order valence-corrected chi connectivity index (χ3v) is 5.65. The number of benzene rings is 1. The van der Waals surface area contributed by atoms with E-state index in [9.17, 15) is 8.42 Å². The second kappa shape index (κ2) is 7.08. The number of aromatic nitrogens is 2. The van der Waals surface area contributed by atoms with Crippen LogP contribution in [0.5, 0.6) is 0 Å². The van der Waals surface area contributed by atoms with Crippen molar-refractivity contribution in [1.82, 2.24) is 14.7 Å². The molecule has 0 aliphatic carbocycles. The molecule has 1 aromatic heterocycles. The second-order valence-electron chi connectivity index (χ2n) is 5.37. The molecule has 0 saturated carbocycles. The zero-order valence-electron chi connectivity index (χ0n) is 13.1. The molecule has 132 valence electrons. The molecule has 2 heterocycles. The highest BCUT2D eigenvalue weighted by atomic mass is 79.9. The van der Waals surface area contributed by atoms with Crippen LogP contribution in [-0.4, -0.2) is 36.6 Å². The molecule has 0 saturated heterocycles. The van der Waals surface area contributed by atoms with Gasteiger partial charge in [-0.25, -0.2) is 18.1 Å². The van der Waals surface area contributed by atoms with Gasteiger partial charge in [-0.1, -0.05) is 12.6 Å².